The quantitative estimate of drug-likeness (QED) is 0.800. The van der Waals surface area contributed by atoms with Gasteiger partial charge in [0.05, 0.1) is 13.0 Å². The summed E-state index contributed by atoms with van der Waals surface area (Å²) in [6.07, 6.45) is 3.42. The van der Waals surface area contributed by atoms with E-state index in [2.05, 4.69) is 5.32 Å². The van der Waals surface area contributed by atoms with Gasteiger partial charge in [-0.05, 0) is 49.4 Å². The predicted molar refractivity (Wildman–Crippen MR) is 109 cm³/mol. The second-order valence-corrected chi connectivity index (χ2v) is 7.05. The number of benzene rings is 2. The maximum absolute atomic E-state index is 13.1. The van der Waals surface area contributed by atoms with Crippen molar-refractivity contribution in [3.05, 3.63) is 65.7 Å². The first kappa shape index (κ1) is 19.9. The normalized spacial score (nSPS) is 15.0. The smallest absolute Gasteiger partial charge is 0.249 e. The first-order chi connectivity index (χ1) is 13.7. The van der Waals surface area contributed by atoms with Crippen LogP contribution in [0.4, 0.5) is 0 Å². The van der Waals surface area contributed by atoms with Crippen molar-refractivity contribution in [3.8, 4) is 5.75 Å². The summed E-state index contributed by atoms with van der Waals surface area (Å²) in [5.41, 5.74) is 1.70. The number of ether oxygens (including phenoxy) is 1. The average molecular weight is 380 g/mol. The second kappa shape index (κ2) is 9.93. The molecule has 148 valence electrons. The van der Waals surface area contributed by atoms with E-state index in [1.807, 2.05) is 66.4 Å². The maximum atomic E-state index is 13.1. The summed E-state index contributed by atoms with van der Waals surface area (Å²) in [7, 11) is 0. The van der Waals surface area contributed by atoms with Gasteiger partial charge in [-0.15, -0.1) is 0 Å². The summed E-state index contributed by atoms with van der Waals surface area (Å²) in [4.78, 5) is 27.7. The minimum absolute atomic E-state index is 0.0223. The van der Waals surface area contributed by atoms with Crippen molar-refractivity contribution >= 4 is 11.8 Å². The monoisotopic (exact) mass is 380 g/mol. The molecule has 1 aliphatic heterocycles. The van der Waals surface area contributed by atoms with E-state index in [9.17, 15) is 9.59 Å². The van der Waals surface area contributed by atoms with Gasteiger partial charge >= 0.3 is 0 Å². The highest BCUT2D eigenvalue weighted by Crippen LogP contribution is 2.20. The lowest BCUT2D eigenvalue weighted by atomic mass is 10.0. The molecule has 5 heteroatoms. The van der Waals surface area contributed by atoms with Gasteiger partial charge in [-0.1, -0.05) is 42.5 Å². The van der Waals surface area contributed by atoms with Gasteiger partial charge in [0.1, 0.15) is 11.8 Å². The molecule has 1 fully saturated rings. The van der Waals surface area contributed by atoms with Gasteiger partial charge < -0.3 is 15.0 Å². The van der Waals surface area contributed by atoms with Crippen LogP contribution in [0.15, 0.2) is 54.6 Å². The Kier molecular flexibility index (Phi) is 7.06. The highest BCUT2D eigenvalue weighted by atomic mass is 16.5. The summed E-state index contributed by atoms with van der Waals surface area (Å²) in [6.45, 7) is 4.06. The van der Waals surface area contributed by atoms with E-state index in [1.165, 1.54) is 0 Å². The molecule has 1 N–H and O–H groups in total. The minimum atomic E-state index is -0.644. The van der Waals surface area contributed by atoms with Crippen LogP contribution in [0.5, 0.6) is 5.75 Å². The highest BCUT2D eigenvalue weighted by molar-refractivity contribution is 5.89. The zero-order valence-electron chi connectivity index (χ0n) is 16.4. The Bertz CT molecular complexity index is 768. The standard InChI is InChI=1S/C23H28N2O3/c1-2-28-20-13-11-18(12-14-20)17-21(26)24-22(19-9-5-3-6-10-19)23(27)25-15-7-4-8-16-25/h3,5-6,9-14,22H,2,4,7-8,15-17H2,1H3,(H,24,26)/t22-/m0/s1. The van der Waals surface area contributed by atoms with E-state index in [-0.39, 0.29) is 18.2 Å². The molecule has 0 aliphatic carbocycles. The van der Waals surface area contributed by atoms with Crippen LogP contribution in [0.1, 0.15) is 43.4 Å². The molecule has 1 heterocycles. The molecule has 0 bridgehead atoms. The van der Waals surface area contributed by atoms with Crippen LogP contribution in [0, 0.1) is 0 Å². The van der Waals surface area contributed by atoms with Crippen LogP contribution >= 0.6 is 0 Å². The molecule has 1 saturated heterocycles. The van der Waals surface area contributed by atoms with E-state index < -0.39 is 6.04 Å². The summed E-state index contributed by atoms with van der Waals surface area (Å²) in [6, 6.07) is 16.3. The van der Waals surface area contributed by atoms with Crippen molar-refractivity contribution in [2.75, 3.05) is 19.7 Å². The molecule has 28 heavy (non-hydrogen) atoms. The van der Waals surface area contributed by atoms with Crippen LogP contribution in [0.2, 0.25) is 0 Å². The Morgan fingerprint density at radius 3 is 2.32 bits per heavy atom. The number of rotatable bonds is 7. The van der Waals surface area contributed by atoms with Crippen molar-refractivity contribution < 1.29 is 14.3 Å². The lowest BCUT2D eigenvalue weighted by Crippen LogP contribution is -2.45. The maximum Gasteiger partial charge on any atom is 0.249 e. The molecule has 0 aromatic heterocycles. The first-order valence-corrected chi connectivity index (χ1v) is 10.0. The van der Waals surface area contributed by atoms with Gasteiger partial charge in [0.2, 0.25) is 11.8 Å². The fourth-order valence-corrected chi connectivity index (χ4v) is 3.50. The summed E-state index contributed by atoms with van der Waals surface area (Å²) in [5.74, 6) is 0.600. The largest absolute Gasteiger partial charge is 0.494 e. The molecule has 0 unspecified atom stereocenters. The Hall–Kier alpha value is -2.82. The number of hydrogen-bond acceptors (Lipinski definition) is 3. The third-order valence-electron chi connectivity index (χ3n) is 4.95. The lowest BCUT2D eigenvalue weighted by Gasteiger charge is -2.31. The molecule has 0 spiro atoms. The topological polar surface area (TPSA) is 58.6 Å². The van der Waals surface area contributed by atoms with E-state index in [1.54, 1.807) is 0 Å². The van der Waals surface area contributed by atoms with E-state index in [4.69, 9.17) is 4.74 Å². The molecule has 3 rings (SSSR count). The van der Waals surface area contributed by atoms with Crippen LogP contribution < -0.4 is 10.1 Å². The highest BCUT2D eigenvalue weighted by Gasteiger charge is 2.28. The minimum Gasteiger partial charge on any atom is -0.494 e. The number of likely N-dealkylation sites (tertiary alicyclic amines) is 1. The molecular weight excluding hydrogens is 352 g/mol. The third kappa shape index (κ3) is 5.35. The summed E-state index contributed by atoms with van der Waals surface area (Å²) >= 11 is 0. The Morgan fingerprint density at radius 1 is 1.00 bits per heavy atom. The van der Waals surface area contributed by atoms with Crippen LogP contribution in [0.3, 0.4) is 0 Å². The summed E-state index contributed by atoms with van der Waals surface area (Å²) in [5, 5.41) is 2.96. The Balaban J connectivity index is 1.69. The van der Waals surface area contributed by atoms with Gasteiger partial charge in [0, 0.05) is 13.1 Å². The van der Waals surface area contributed by atoms with Gasteiger partial charge in [0.15, 0.2) is 0 Å². The number of nitrogens with zero attached hydrogens (tertiary/aromatic N) is 1. The average Bonchev–Trinajstić information content (AvgIpc) is 2.74. The van der Waals surface area contributed by atoms with Gasteiger partial charge in [0.25, 0.3) is 0 Å². The lowest BCUT2D eigenvalue weighted by molar-refractivity contribution is -0.137. The van der Waals surface area contributed by atoms with E-state index >= 15 is 0 Å². The molecule has 5 nitrogen and oxygen atoms in total. The van der Waals surface area contributed by atoms with Crippen LogP contribution in [0.25, 0.3) is 0 Å². The molecular formula is C23H28N2O3. The number of nitrogens with one attached hydrogen (secondary N) is 1. The van der Waals surface area contributed by atoms with E-state index in [0.29, 0.717) is 6.61 Å². The third-order valence-corrected chi connectivity index (χ3v) is 4.95. The molecule has 2 amide bonds. The Labute approximate surface area is 166 Å². The van der Waals surface area contributed by atoms with Gasteiger partial charge in [-0.3, -0.25) is 9.59 Å². The van der Waals surface area contributed by atoms with Crippen molar-refractivity contribution in [3.63, 3.8) is 0 Å². The Morgan fingerprint density at radius 2 is 1.68 bits per heavy atom. The molecule has 2 aromatic rings. The van der Waals surface area contributed by atoms with Crippen molar-refractivity contribution in [2.45, 2.75) is 38.6 Å². The SMILES string of the molecule is CCOc1ccc(CC(=O)N[C@H](C(=O)N2CCCCC2)c2ccccc2)cc1. The molecule has 2 aromatic carbocycles. The van der Waals surface area contributed by atoms with Crippen molar-refractivity contribution in [1.29, 1.82) is 0 Å². The fraction of sp³-hybridized carbons (Fsp3) is 0.391. The molecule has 1 aliphatic rings. The van der Waals surface area contributed by atoms with Gasteiger partial charge in [-0.2, -0.15) is 0 Å². The van der Waals surface area contributed by atoms with Crippen LogP contribution in [-0.4, -0.2) is 36.4 Å². The number of carbonyl (C=O) groups excluding carboxylic acids is 2. The molecule has 0 radical (unpaired) electrons. The number of carbonyl (C=O) groups is 2. The predicted octanol–water partition coefficient (Wildman–Crippen LogP) is 3.50. The van der Waals surface area contributed by atoms with Crippen LogP contribution in [-0.2, 0) is 16.0 Å². The van der Waals surface area contributed by atoms with Crippen molar-refractivity contribution in [1.82, 2.24) is 10.2 Å². The summed E-state index contributed by atoms with van der Waals surface area (Å²) < 4.78 is 5.44. The fourth-order valence-electron chi connectivity index (χ4n) is 3.50. The molecule has 1 atom stereocenters. The zero-order chi connectivity index (χ0) is 19.8. The number of amides is 2. The van der Waals surface area contributed by atoms with Gasteiger partial charge in [-0.25, -0.2) is 0 Å². The second-order valence-electron chi connectivity index (χ2n) is 7.05. The first-order valence-electron chi connectivity index (χ1n) is 10.0. The number of hydrogen-bond donors (Lipinski definition) is 1. The zero-order valence-corrected chi connectivity index (χ0v) is 16.4. The van der Waals surface area contributed by atoms with Crippen molar-refractivity contribution in [2.24, 2.45) is 0 Å². The molecule has 0 saturated carbocycles. The number of piperidine rings is 1. The van der Waals surface area contributed by atoms with E-state index in [0.717, 1.165) is 49.2 Å².